The molecule has 0 saturated carbocycles. The van der Waals surface area contributed by atoms with Crippen LogP contribution < -0.4 is 14.8 Å². The maximum Gasteiger partial charge on any atom is 0.137 e. The van der Waals surface area contributed by atoms with Gasteiger partial charge in [0.15, 0.2) is 0 Å². The summed E-state index contributed by atoms with van der Waals surface area (Å²) in [5, 5.41) is 13.0. The van der Waals surface area contributed by atoms with Crippen LogP contribution in [0.25, 0.3) is 0 Å². The third-order valence-corrected chi connectivity index (χ3v) is 4.30. The number of rotatable bonds is 15. The smallest absolute Gasteiger partial charge is 0.137 e. The summed E-state index contributed by atoms with van der Waals surface area (Å²) < 4.78 is 21.4. The second-order valence-electron chi connectivity index (χ2n) is 6.46. The number of pyridine rings is 1. The molecule has 0 fully saturated rings. The van der Waals surface area contributed by atoms with Crippen molar-refractivity contribution in [2.45, 2.75) is 25.9 Å². The first kappa shape index (κ1) is 23.1. The molecule has 0 spiro atoms. The highest BCUT2D eigenvalue weighted by atomic mass is 16.5. The zero-order chi connectivity index (χ0) is 20.7. The molecule has 1 unspecified atom stereocenters. The van der Waals surface area contributed by atoms with Crippen molar-refractivity contribution in [3.63, 3.8) is 0 Å². The molecule has 2 aromatic rings. The van der Waals surface area contributed by atoms with Crippen LogP contribution >= 0.6 is 0 Å². The first-order chi connectivity index (χ1) is 14.2. The van der Waals surface area contributed by atoms with Gasteiger partial charge in [-0.2, -0.15) is 0 Å². The normalized spacial score (nSPS) is 12.0. The van der Waals surface area contributed by atoms with Crippen LogP contribution in [0, 0.1) is 0 Å². The molecular formula is C22H32N2O5. The fourth-order valence-electron chi connectivity index (χ4n) is 2.66. The number of aromatic nitrogens is 1. The minimum atomic E-state index is -0.0740. The summed E-state index contributed by atoms with van der Waals surface area (Å²) in [7, 11) is 1.65. The lowest BCUT2D eigenvalue weighted by atomic mass is 10.1. The summed E-state index contributed by atoms with van der Waals surface area (Å²) in [6.07, 6.45) is 2.33. The molecule has 7 heteroatoms. The average Bonchev–Trinajstić information content (AvgIpc) is 2.77. The number of methoxy groups -OCH3 is 1. The first-order valence-corrected chi connectivity index (χ1v) is 9.95. The van der Waals surface area contributed by atoms with Crippen LogP contribution in [0.4, 0.5) is 0 Å². The predicted molar refractivity (Wildman–Crippen MR) is 111 cm³/mol. The predicted octanol–water partition coefficient (Wildman–Crippen LogP) is 2.22. The Labute approximate surface area is 173 Å². The Hall–Kier alpha value is -2.19. The van der Waals surface area contributed by atoms with Gasteiger partial charge in [0.2, 0.25) is 0 Å². The number of ether oxygens (including phenoxy) is 4. The molecule has 0 aliphatic carbocycles. The maximum atomic E-state index is 9.66. The zero-order valence-corrected chi connectivity index (χ0v) is 17.3. The third-order valence-electron chi connectivity index (χ3n) is 4.30. The van der Waals surface area contributed by atoms with Gasteiger partial charge in [0.1, 0.15) is 18.1 Å². The molecule has 160 valence electrons. The van der Waals surface area contributed by atoms with E-state index in [1.54, 1.807) is 13.3 Å². The summed E-state index contributed by atoms with van der Waals surface area (Å²) in [6, 6.07) is 11.6. The Morgan fingerprint density at radius 1 is 0.966 bits per heavy atom. The molecule has 29 heavy (non-hydrogen) atoms. The molecule has 1 atom stereocenters. The maximum absolute atomic E-state index is 9.66. The quantitative estimate of drug-likeness (QED) is 0.441. The molecule has 0 bridgehead atoms. The molecule has 1 heterocycles. The standard InChI is InChI=1S/C22H32N2O5/c1-3-27-10-11-28-12-13-29-22-9-6-19(24-16-22)14-20(17-25)23-15-18-4-7-21(26-2)8-5-18/h4-9,16,20,23,25H,3,10-15,17H2,1-2H3. The van der Waals surface area contributed by atoms with Gasteiger partial charge in [-0.25, -0.2) is 0 Å². The lowest BCUT2D eigenvalue weighted by Crippen LogP contribution is -2.34. The molecule has 0 aliphatic heterocycles. The van der Waals surface area contributed by atoms with E-state index in [0.717, 1.165) is 17.0 Å². The topological polar surface area (TPSA) is 82.1 Å². The van der Waals surface area contributed by atoms with Gasteiger partial charge in [-0.05, 0) is 36.8 Å². The largest absolute Gasteiger partial charge is 0.497 e. The number of benzene rings is 1. The van der Waals surface area contributed by atoms with Gasteiger partial charge in [0.05, 0.1) is 39.7 Å². The molecular weight excluding hydrogens is 372 g/mol. The summed E-state index contributed by atoms with van der Waals surface area (Å²) in [6.45, 7) is 5.51. The van der Waals surface area contributed by atoms with E-state index in [0.29, 0.717) is 51.7 Å². The summed E-state index contributed by atoms with van der Waals surface area (Å²) >= 11 is 0. The van der Waals surface area contributed by atoms with E-state index in [1.807, 2.05) is 43.3 Å². The van der Waals surface area contributed by atoms with Crippen LogP contribution in [0.5, 0.6) is 11.5 Å². The number of nitrogens with one attached hydrogen (secondary N) is 1. The fraction of sp³-hybridized carbons (Fsp3) is 0.500. The minimum absolute atomic E-state index is 0.0369. The van der Waals surface area contributed by atoms with Crippen molar-refractivity contribution in [2.24, 2.45) is 0 Å². The SMILES string of the molecule is CCOCCOCCOc1ccc(CC(CO)NCc2ccc(OC)cc2)nc1. The second-order valence-corrected chi connectivity index (χ2v) is 6.46. The molecule has 0 amide bonds. The van der Waals surface area contributed by atoms with Crippen molar-refractivity contribution in [1.29, 1.82) is 0 Å². The van der Waals surface area contributed by atoms with Gasteiger partial charge in [0.25, 0.3) is 0 Å². The van der Waals surface area contributed by atoms with Crippen LogP contribution in [-0.4, -0.2) is 62.9 Å². The van der Waals surface area contributed by atoms with Crippen molar-refractivity contribution < 1.29 is 24.1 Å². The van der Waals surface area contributed by atoms with E-state index in [4.69, 9.17) is 18.9 Å². The Morgan fingerprint density at radius 3 is 2.34 bits per heavy atom. The Kier molecular flexibility index (Phi) is 11.1. The molecule has 0 aliphatic rings. The van der Waals surface area contributed by atoms with Crippen LogP contribution in [0.1, 0.15) is 18.2 Å². The van der Waals surface area contributed by atoms with Gasteiger partial charge < -0.3 is 29.4 Å². The Bertz CT molecular complexity index is 664. The van der Waals surface area contributed by atoms with Crippen molar-refractivity contribution in [3.05, 3.63) is 53.9 Å². The van der Waals surface area contributed by atoms with Crippen LogP contribution in [0.3, 0.4) is 0 Å². The molecule has 1 aromatic carbocycles. The molecule has 0 radical (unpaired) electrons. The number of aliphatic hydroxyl groups excluding tert-OH is 1. The molecule has 0 saturated heterocycles. The number of hydrogen-bond acceptors (Lipinski definition) is 7. The van der Waals surface area contributed by atoms with Crippen molar-refractivity contribution in [1.82, 2.24) is 10.3 Å². The van der Waals surface area contributed by atoms with Crippen LogP contribution in [0.2, 0.25) is 0 Å². The highest BCUT2D eigenvalue weighted by molar-refractivity contribution is 5.27. The lowest BCUT2D eigenvalue weighted by molar-refractivity contribution is 0.0404. The number of nitrogens with zero attached hydrogens (tertiary/aromatic N) is 1. The third kappa shape index (κ3) is 9.23. The highest BCUT2D eigenvalue weighted by Gasteiger charge is 2.09. The van der Waals surface area contributed by atoms with Gasteiger partial charge in [0, 0.05) is 31.3 Å². The monoisotopic (exact) mass is 404 g/mol. The Balaban J connectivity index is 1.69. The Morgan fingerprint density at radius 2 is 1.69 bits per heavy atom. The van der Waals surface area contributed by atoms with E-state index in [2.05, 4.69) is 10.3 Å². The fourth-order valence-corrected chi connectivity index (χ4v) is 2.66. The van der Waals surface area contributed by atoms with Crippen LogP contribution in [0.15, 0.2) is 42.6 Å². The van der Waals surface area contributed by atoms with E-state index in [1.165, 1.54) is 0 Å². The van der Waals surface area contributed by atoms with E-state index >= 15 is 0 Å². The summed E-state index contributed by atoms with van der Waals surface area (Å²) in [4.78, 5) is 4.43. The average molecular weight is 405 g/mol. The number of aliphatic hydroxyl groups is 1. The minimum Gasteiger partial charge on any atom is -0.497 e. The van der Waals surface area contributed by atoms with Gasteiger partial charge in [-0.3, -0.25) is 4.98 Å². The second kappa shape index (κ2) is 13.9. The summed E-state index contributed by atoms with van der Waals surface area (Å²) in [5.41, 5.74) is 2.02. The zero-order valence-electron chi connectivity index (χ0n) is 17.3. The highest BCUT2D eigenvalue weighted by Crippen LogP contribution is 2.12. The van der Waals surface area contributed by atoms with E-state index in [-0.39, 0.29) is 12.6 Å². The lowest BCUT2D eigenvalue weighted by Gasteiger charge is -2.16. The molecule has 1 aromatic heterocycles. The van der Waals surface area contributed by atoms with E-state index in [9.17, 15) is 5.11 Å². The molecule has 2 rings (SSSR count). The van der Waals surface area contributed by atoms with Gasteiger partial charge in [-0.15, -0.1) is 0 Å². The van der Waals surface area contributed by atoms with Crippen molar-refractivity contribution in [3.8, 4) is 11.5 Å². The van der Waals surface area contributed by atoms with Crippen LogP contribution in [-0.2, 0) is 22.4 Å². The van der Waals surface area contributed by atoms with Gasteiger partial charge in [-0.1, -0.05) is 12.1 Å². The van der Waals surface area contributed by atoms with Gasteiger partial charge >= 0.3 is 0 Å². The number of hydrogen-bond donors (Lipinski definition) is 2. The van der Waals surface area contributed by atoms with E-state index < -0.39 is 0 Å². The summed E-state index contributed by atoms with van der Waals surface area (Å²) in [5.74, 6) is 1.53. The van der Waals surface area contributed by atoms with Crippen molar-refractivity contribution >= 4 is 0 Å². The first-order valence-electron chi connectivity index (χ1n) is 9.95. The van der Waals surface area contributed by atoms with Crippen molar-refractivity contribution in [2.75, 3.05) is 46.8 Å². The molecule has 2 N–H and O–H groups in total. The molecule has 7 nitrogen and oxygen atoms in total.